The molecule has 6 nitrogen and oxygen atoms in total. The Bertz CT molecular complexity index is 543. The van der Waals surface area contributed by atoms with Gasteiger partial charge in [0.1, 0.15) is 6.07 Å². The molecule has 0 radical (unpaired) electrons. The quantitative estimate of drug-likeness (QED) is 0.850. The summed E-state index contributed by atoms with van der Waals surface area (Å²) in [5, 5.41) is 15.8. The van der Waals surface area contributed by atoms with E-state index in [4.69, 9.17) is 9.78 Å². The van der Waals surface area contributed by atoms with Gasteiger partial charge in [-0.1, -0.05) is 5.16 Å². The molecule has 2 aromatic heterocycles. The summed E-state index contributed by atoms with van der Waals surface area (Å²) in [7, 11) is 0. The van der Waals surface area contributed by atoms with Crippen LogP contribution in [-0.2, 0) is 6.42 Å². The second-order valence-corrected chi connectivity index (χ2v) is 3.44. The highest BCUT2D eigenvalue weighted by Crippen LogP contribution is 2.11. The first-order chi connectivity index (χ1) is 8.29. The molecule has 0 saturated heterocycles. The summed E-state index contributed by atoms with van der Waals surface area (Å²) < 4.78 is 4.86. The number of hydrogen-bond acceptors (Lipinski definition) is 6. The van der Waals surface area contributed by atoms with Gasteiger partial charge in [-0.2, -0.15) is 10.2 Å². The van der Waals surface area contributed by atoms with Crippen LogP contribution in [0.5, 0.6) is 0 Å². The fourth-order valence-corrected chi connectivity index (χ4v) is 1.38. The van der Waals surface area contributed by atoms with E-state index in [9.17, 15) is 0 Å². The highest BCUT2D eigenvalue weighted by atomic mass is 16.5. The molecular formula is C11H11N5O. The third-order valence-electron chi connectivity index (χ3n) is 2.18. The maximum atomic E-state index is 8.88. The highest BCUT2D eigenvalue weighted by molar-refractivity contribution is 5.55. The largest absolute Gasteiger partial charge is 0.382 e. The molecule has 6 heteroatoms. The Morgan fingerprint density at radius 3 is 3.12 bits per heavy atom. The molecular weight excluding hydrogens is 218 g/mol. The molecule has 2 heterocycles. The lowest BCUT2D eigenvalue weighted by Gasteiger charge is -2.05. The number of nitrogens with one attached hydrogen (secondary N) is 1. The number of rotatable bonds is 4. The van der Waals surface area contributed by atoms with Crippen LogP contribution in [0, 0.1) is 18.3 Å². The van der Waals surface area contributed by atoms with Gasteiger partial charge in [0.05, 0.1) is 17.4 Å². The summed E-state index contributed by atoms with van der Waals surface area (Å²) in [6.45, 7) is 2.37. The van der Waals surface area contributed by atoms with Crippen LogP contribution in [0.3, 0.4) is 0 Å². The third kappa shape index (κ3) is 2.78. The number of anilines is 1. The van der Waals surface area contributed by atoms with Gasteiger partial charge in [-0.05, 0) is 6.07 Å². The monoisotopic (exact) mass is 229 g/mol. The van der Waals surface area contributed by atoms with Gasteiger partial charge in [-0.25, -0.2) is 0 Å². The van der Waals surface area contributed by atoms with Crippen LogP contribution in [0.1, 0.15) is 17.3 Å². The van der Waals surface area contributed by atoms with Crippen molar-refractivity contribution in [2.75, 3.05) is 11.9 Å². The maximum Gasteiger partial charge on any atom is 0.223 e. The molecule has 0 spiro atoms. The minimum Gasteiger partial charge on any atom is -0.382 e. The molecule has 17 heavy (non-hydrogen) atoms. The zero-order chi connectivity index (χ0) is 12.1. The van der Waals surface area contributed by atoms with Gasteiger partial charge in [-0.15, -0.1) is 0 Å². The summed E-state index contributed by atoms with van der Waals surface area (Å²) in [6.07, 6.45) is 3.85. The topological polar surface area (TPSA) is 87.6 Å². The smallest absolute Gasteiger partial charge is 0.223 e. The second kappa shape index (κ2) is 5.07. The van der Waals surface area contributed by atoms with Crippen LogP contribution >= 0.6 is 0 Å². The molecule has 0 saturated carbocycles. The SMILES string of the molecule is Cc1nc(CCNc2cnccc2C#N)no1. The standard InChI is InChI=1S/C11H11N5O/c1-8-15-11(16-17-8)3-5-14-10-7-13-4-2-9(10)6-12/h2,4,7,14H,3,5H2,1H3. The Balaban J connectivity index is 1.92. The molecule has 0 unspecified atom stereocenters. The average Bonchev–Trinajstić information content (AvgIpc) is 2.76. The summed E-state index contributed by atoms with van der Waals surface area (Å²) in [4.78, 5) is 8.05. The van der Waals surface area contributed by atoms with Crippen molar-refractivity contribution >= 4 is 5.69 Å². The van der Waals surface area contributed by atoms with Crippen LogP contribution in [-0.4, -0.2) is 21.7 Å². The molecule has 1 N–H and O–H groups in total. The van der Waals surface area contributed by atoms with Gasteiger partial charge < -0.3 is 9.84 Å². The Morgan fingerprint density at radius 1 is 1.53 bits per heavy atom. The maximum absolute atomic E-state index is 8.88. The van der Waals surface area contributed by atoms with Crippen molar-refractivity contribution in [2.45, 2.75) is 13.3 Å². The normalized spacial score (nSPS) is 9.88. The third-order valence-corrected chi connectivity index (χ3v) is 2.18. The van der Waals surface area contributed by atoms with Gasteiger partial charge in [0, 0.05) is 26.1 Å². The molecule has 0 fully saturated rings. The summed E-state index contributed by atoms with van der Waals surface area (Å²) in [5.74, 6) is 1.21. The molecule has 0 atom stereocenters. The molecule has 0 bridgehead atoms. The van der Waals surface area contributed by atoms with Gasteiger partial charge >= 0.3 is 0 Å². The van der Waals surface area contributed by atoms with Crippen LogP contribution < -0.4 is 5.32 Å². The summed E-state index contributed by atoms with van der Waals surface area (Å²) in [5.41, 5.74) is 1.29. The van der Waals surface area contributed by atoms with Gasteiger partial charge in [0.15, 0.2) is 5.82 Å². The fourth-order valence-electron chi connectivity index (χ4n) is 1.38. The number of pyridine rings is 1. The molecule has 2 rings (SSSR count). The van der Waals surface area contributed by atoms with Crippen molar-refractivity contribution < 1.29 is 4.52 Å². The Hall–Kier alpha value is -2.42. The zero-order valence-corrected chi connectivity index (χ0v) is 9.34. The first kappa shape index (κ1) is 11.1. The van der Waals surface area contributed by atoms with Crippen molar-refractivity contribution in [3.05, 3.63) is 35.7 Å². The van der Waals surface area contributed by atoms with Gasteiger partial charge in [0.25, 0.3) is 0 Å². The molecule has 0 aromatic carbocycles. The van der Waals surface area contributed by atoms with Gasteiger partial charge in [-0.3, -0.25) is 4.98 Å². The van der Waals surface area contributed by atoms with E-state index in [1.807, 2.05) is 0 Å². The lowest BCUT2D eigenvalue weighted by Crippen LogP contribution is -2.07. The molecule has 0 aliphatic rings. The Labute approximate surface area is 98.3 Å². The van der Waals surface area contributed by atoms with E-state index in [0.717, 1.165) is 5.69 Å². The van der Waals surface area contributed by atoms with Gasteiger partial charge in [0.2, 0.25) is 5.89 Å². The number of aromatic nitrogens is 3. The number of nitrogens with zero attached hydrogens (tertiary/aromatic N) is 4. The highest BCUT2D eigenvalue weighted by Gasteiger charge is 2.03. The van der Waals surface area contributed by atoms with Crippen molar-refractivity contribution in [1.82, 2.24) is 15.1 Å². The van der Waals surface area contributed by atoms with Crippen LogP contribution in [0.2, 0.25) is 0 Å². The van der Waals surface area contributed by atoms with E-state index in [2.05, 4.69) is 26.5 Å². The van der Waals surface area contributed by atoms with Crippen LogP contribution in [0.4, 0.5) is 5.69 Å². The van der Waals surface area contributed by atoms with E-state index in [1.165, 1.54) is 0 Å². The van der Waals surface area contributed by atoms with Crippen LogP contribution in [0.25, 0.3) is 0 Å². The number of aryl methyl sites for hydroxylation is 1. The van der Waals surface area contributed by atoms with Crippen LogP contribution in [0.15, 0.2) is 23.0 Å². The van der Waals surface area contributed by atoms with Crippen molar-refractivity contribution in [3.8, 4) is 6.07 Å². The molecule has 0 amide bonds. The molecule has 0 aliphatic heterocycles. The predicted octanol–water partition coefficient (Wildman–Crippen LogP) is 1.30. The molecule has 2 aromatic rings. The Morgan fingerprint density at radius 2 is 2.41 bits per heavy atom. The lowest BCUT2D eigenvalue weighted by atomic mass is 10.2. The average molecular weight is 229 g/mol. The molecule has 86 valence electrons. The predicted molar refractivity (Wildman–Crippen MR) is 60.2 cm³/mol. The van der Waals surface area contributed by atoms with Crippen molar-refractivity contribution in [1.29, 1.82) is 5.26 Å². The van der Waals surface area contributed by atoms with E-state index >= 15 is 0 Å². The van der Waals surface area contributed by atoms with E-state index in [1.54, 1.807) is 25.4 Å². The van der Waals surface area contributed by atoms with E-state index < -0.39 is 0 Å². The van der Waals surface area contributed by atoms with E-state index in [-0.39, 0.29) is 0 Å². The minimum absolute atomic E-state index is 0.555. The number of hydrogen-bond donors (Lipinski definition) is 1. The second-order valence-electron chi connectivity index (χ2n) is 3.44. The summed E-state index contributed by atoms with van der Waals surface area (Å²) in [6, 6.07) is 3.76. The first-order valence-electron chi connectivity index (χ1n) is 5.17. The Kier molecular flexibility index (Phi) is 3.31. The van der Waals surface area contributed by atoms with Crippen molar-refractivity contribution in [2.24, 2.45) is 0 Å². The fraction of sp³-hybridized carbons (Fsp3) is 0.273. The summed E-state index contributed by atoms with van der Waals surface area (Å²) >= 11 is 0. The molecule has 0 aliphatic carbocycles. The number of nitriles is 1. The minimum atomic E-state index is 0.555. The first-order valence-corrected chi connectivity index (χ1v) is 5.17. The lowest BCUT2D eigenvalue weighted by molar-refractivity contribution is 0.387. The van der Waals surface area contributed by atoms with E-state index in [0.29, 0.717) is 30.2 Å². The zero-order valence-electron chi connectivity index (χ0n) is 9.34. The van der Waals surface area contributed by atoms with Crippen molar-refractivity contribution in [3.63, 3.8) is 0 Å².